The fourth-order valence-corrected chi connectivity index (χ4v) is 3.16. The van der Waals surface area contributed by atoms with Gasteiger partial charge in [-0.25, -0.2) is 0 Å². The lowest BCUT2D eigenvalue weighted by Gasteiger charge is -2.14. The summed E-state index contributed by atoms with van der Waals surface area (Å²) in [7, 11) is 3.90. The number of amides is 2. The van der Waals surface area contributed by atoms with Crippen LogP contribution < -0.4 is 15.5 Å². The average molecular weight is 331 g/mol. The molecule has 2 aromatic carbocycles. The zero-order valence-electron chi connectivity index (χ0n) is 14.0. The molecule has 0 saturated carbocycles. The number of nitrogens with one attached hydrogen (secondary N) is 2. The number of nitrogens with zero attached hydrogens (tertiary/aromatic N) is 1. The van der Waals surface area contributed by atoms with Crippen molar-refractivity contribution in [3.05, 3.63) is 76.9 Å². The monoisotopic (exact) mass is 331 g/mol. The first kappa shape index (κ1) is 15.2. The number of rotatable bonds is 3. The van der Waals surface area contributed by atoms with Gasteiger partial charge in [0.1, 0.15) is 0 Å². The van der Waals surface area contributed by atoms with Gasteiger partial charge in [0.15, 0.2) is 0 Å². The number of fused-ring (bicyclic) bond motifs is 1. The maximum Gasteiger partial charge on any atom is 0.258 e. The Morgan fingerprint density at radius 2 is 1.28 bits per heavy atom. The first-order valence-electron chi connectivity index (χ1n) is 8.01. The van der Waals surface area contributed by atoms with Crippen LogP contribution >= 0.6 is 0 Å². The molecule has 0 radical (unpaired) electrons. The first-order valence-corrected chi connectivity index (χ1v) is 8.01. The molecule has 2 aliphatic heterocycles. The predicted octanol–water partition coefficient (Wildman–Crippen LogP) is 2.13. The highest BCUT2D eigenvalue weighted by atomic mass is 16.2. The normalized spacial score (nSPS) is 16.1. The van der Waals surface area contributed by atoms with Gasteiger partial charge in [-0.2, -0.15) is 0 Å². The zero-order valence-corrected chi connectivity index (χ0v) is 14.0. The third-order valence-electron chi connectivity index (χ3n) is 4.39. The smallest absolute Gasteiger partial charge is 0.258 e. The predicted molar refractivity (Wildman–Crippen MR) is 97.3 cm³/mol. The molecule has 0 aliphatic carbocycles. The Hall–Kier alpha value is -3.34. The quantitative estimate of drug-likeness (QED) is 0.906. The van der Waals surface area contributed by atoms with E-state index in [1.54, 1.807) is 0 Å². The molecular formula is C20H17N3O2. The van der Waals surface area contributed by atoms with Crippen molar-refractivity contribution in [2.75, 3.05) is 19.0 Å². The van der Waals surface area contributed by atoms with Crippen molar-refractivity contribution >= 4 is 28.9 Å². The van der Waals surface area contributed by atoms with E-state index in [2.05, 4.69) is 10.6 Å². The van der Waals surface area contributed by atoms with Crippen molar-refractivity contribution < 1.29 is 9.59 Å². The molecule has 0 unspecified atom stereocenters. The van der Waals surface area contributed by atoms with Crippen molar-refractivity contribution in [3.63, 3.8) is 0 Å². The Kier molecular flexibility index (Phi) is 3.42. The number of carbonyl (C=O) groups excluding carboxylic acids is 2. The SMILES string of the molecule is CN(C)c1cccc(C2=C3C(=O)NC(c4ccccc4)=C3C(=O)N2)c1. The Balaban J connectivity index is 1.88. The highest BCUT2D eigenvalue weighted by molar-refractivity contribution is 6.30. The Morgan fingerprint density at radius 1 is 0.720 bits per heavy atom. The van der Waals surface area contributed by atoms with Crippen LogP contribution in [0.2, 0.25) is 0 Å². The lowest BCUT2D eigenvalue weighted by Crippen LogP contribution is -2.21. The molecule has 0 aromatic heterocycles. The average Bonchev–Trinajstić information content (AvgIpc) is 3.15. The van der Waals surface area contributed by atoms with Crippen LogP contribution in [0.25, 0.3) is 11.4 Å². The molecule has 2 amide bonds. The van der Waals surface area contributed by atoms with Gasteiger partial charge in [0, 0.05) is 25.3 Å². The van der Waals surface area contributed by atoms with Crippen LogP contribution in [-0.4, -0.2) is 25.9 Å². The molecule has 0 spiro atoms. The summed E-state index contributed by atoms with van der Waals surface area (Å²) >= 11 is 0. The number of anilines is 1. The summed E-state index contributed by atoms with van der Waals surface area (Å²) in [6.45, 7) is 0. The first-order chi connectivity index (χ1) is 12.1. The second-order valence-electron chi connectivity index (χ2n) is 6.22. The van der Waals surface area contributed by atoms with E-state index in [9.17, 15) is 9.59 Å². The van der Waals surface area contributed by atoms with Crippen molar-refractivity contribution in [2.45, 2.75) is 0 Å². The molecule has 124 valence electrons. The molecule has 2 N–H and O–H groups in total. The topological polar surface area (TPSA) is 61.4 Å². The van der Waals surface area contributed by atoms with Crippen molar-refractivity contribution in [2.24, 2.45) is 0 Å². The second kappa shape index (κ2) is 5.63. The molecule has 2 aliphatic rings. The molecule has 2 aromatic rings. The summed E-state index contributed by atoms with van der Waals surface area (Å²) in [5.41, 5.74) is 4.59. The fraction of sp³-hybridized carbons (Fsp3) is 0.100. The molecule has 4 rings (SSSR count). The number of hydrogen-bond donors (Lipinski definition) is 2. The molecule has 0 atom stereocenters. The van der Waals surface area contributed by atoms with Gasteiger partial charge in [-0.3, -0.25) is 9.59 Å². The van der Waals surface area contributed by atoms with Crippen LogP contribution in [0.3, 0.4) is 0 Å². The van der Waals surface area contributed by atoms with Crippen LogP contribution in [0.5, 0.6) is 0 Å². The van der Waals surface area contributed by atoms with Crippen molar-refractivity contribution in [1.82, 2.24) is 10.6 Å². The minimum atomic E-state index is -0.252. The maximum atomic E-state index is 12.6. The molecule has 0 fully saturated rings. The minimum absolute atomic E-state index is 0.252. The maximum absolute atomic E-state index is 12.6. The Morgan fingerprint density at radius 3 is 1.88 bits per heavy atom. The summed E-state index contributed by atoms with van der Waals surface area (Å²) in [6.07, 6.45) is 0. The molecule has 5 heteroatoms. The van der Waals surface area contributed by atoms with Gasteiger partial charge in [-0.15, -0.1) is 0 Å². The summed E-state index contributed by atoms with van der Waals surface area (Å²) < 4.78 is 0. The summed E-state index contributed by atoms with van der Waals surface area (Å²) in [5.74, 6) is -0.505. The van der Waals surface area contributed by atoms with Crippen LogP contribution in [0, 0.1) is 0 Å². The minimum Gasteiger partial charge on any atom is -0.378 e. The second-order valence-corrected chi connectivity index (χ2v) is 6.22. The van der Waals surface area contributed by atoms with E-state index < -0.39 is 0 Å². The highest BCUT2D eigenvalue weighted by Gasteiger charge is 2.40. The van der Waals surface area contributed by atoms with Gasteiger partial charge >= 0.3 is 0 Å². The van der Waals surface area contributed by atoms with E-state index in [1.807, 2.05) is 73.6 Å². The van der Waals surface area contributed by atoms with Gasteiger partial charge in [-0.1, -0.05) is 42.5 Å². The fourth-order valence-electron chi connectivity index (χ4n) is 3.16. The van der Waals surface area contributed by atoms with E-state index in [0.29, 0.717) is 22.5 Å². The Labute approximate surface area is 145 Å². The zero-order chi connectivity index (χ0) is 17.6. The van der Waals surface area contributed by atoms with Crippen molar-refractivity contribution in [3.8, 4) is 0 Å². The standard InChI is InChI=1S/C20H17N3O2/c1-23(2)14-10-6-9-13(11-14)18-16-15(19(24)22-18)17(21-20(16)25)12-7-4-3-5-8-12/h3-11H,1-2H3,(H,21,25)(H,22,24). The van der Waals surface area contributed by atoms with E-state index >= 15 is 0 Å². The van der Waals surface area contributed by atoms with Crippen LogP contribution in [0.15, 0.2) is 65.7 Å². The number of hydrogen-bond acceptors (Lipinski definition) is 3. The summed E-state index contributed by atoms with van der Waals surface area (Å²) in [4.78, 5) is 27.1. The molecule has 25 heavy (non-hydrogen) atoms. The van der Waals surface area contributed by atoms with Gasteiger partial charge in [0.2, 0.25) is 0 Å². The number of carbonyl (C=O) groups is 2. The summed E-state index contributed by atoms with van der Waals surface area (Å²) in [6, 6.07) is 17.2. The largest absolute Gasteiger partial charge is 0.378 e. The van der Waals surface area contributed by atoms with Gasteiger partial charge < -0.3 is 15.5 Å². The molecule has 2 heterocycles. The van der Waals surface area contributed by atoms with Crippen LogP contribution in [0.1, 0.15) is 11.1 Å². The summed E-state index contributed by atoms with van der Waals surface area (Å²) in [5, 5.41) is 5.72. The molecule has 0 bridgehead atoms. The lowest BCUT2D eigenvalue weighted by molar-refractivity contribution is -0.117. The van der Waals surface area contributed by atoms with E-state index in [-0.39, 0.29) is 11.8 Å². The molecule has 0 saturated heterocycles. The molecular weight excluding hydrogens is 314 g/mol. The van der Waals surface area contributed by atoms with Gasteiger partial charge in [-0.05, 0) is 17.7 Å². The third-order valence-corrected chi connectivity index (χ3v) is 4.39. The van der Waals surface area contributed by atoms with E-state index in [0.717, 1.165) is 16.8 Å². The van der Waals surface area contributed by atoms with E-state index in [1.165, 1.54) is 0 Å². The van der Waals surface area contributed by atoms with Crippen LogP contribution in [-0.2, 0) is 9.59 Å². The van der Waals surface area contributed by atoms with E-state index in [4.69, 9.17) is 0 Å². The van der Waals surface area contributed by atoms with Gasteiger partial charge in [0.05, 0.1) is 22.5 Å². The van der Waals surface area contributed by atoms with Gasteiger partial charge in [0.25, 0.3) is 11.8 Å². The number of benzene rings is 2. The van der Waals surface area contributed by atoms with Crippen molar-refractivity contribution in [1.29, 1.82) is 0 Å². The third kappa shape index (κ3) is 2.41. The lowest BCUT2D eigenvalue weighted by atomic mass is 10.0. The molecule has 5 nitrogen and oxygen atoms in total. The highest BCUT2D eigenvalue weighted by Crippen LogP contribution is 2.37. The van der Waals surface area contributed by atoms with Crippen LogP contribution in [0.4, 0.5) is 5.69 Å². The Bertz CT molecular complexity index is 956.